The predicted octanol–water partition coefficient (Wildman–Crippen LogP) is 6.55. The lowest BCUT2D eigenvalue weighted by molar-refractivity contribution is -0.134. The molecule has 3 N–H and O–H groups in total. The number of nitrogens with one attached hydrogen (secondary N) is 1. The van der Waals surface area contributed by atoms with E-state index in [2.05, 4.69) is 12.2 Å². The summed E-state index contributed by atoms with van der Waals surface area (Å²) in [5.41, 5.74) is 1.18. The van der Waals surface area contributed by atoms with E-state index in [0.29, 0.717) is 48.4 Å². The number of aliphatic hydroxyl groups is 2. The highest BCUT2D eigenvalue weighted by atomic mass is 32.2. The zero-order chi connectivity index (χ0) is 29.5. The van der Waals surface area contributed by atoms with Gasteiger partial charge in [0.15, 0.2) is 6.29 Å². The molecule has 2 aromatic rings. The number of allylic oxidation sites excluding steroid dienone is 2. The zero-order valence-corrected chi connectivity index (χ0v) is 24.7. The van der Waals surface area contributed by atoms with E-state index in [1.165, 1.54) is 0 Å². The van der Waals surface area contributed by atoms with Crippen LogP contribution in [0.5, 0.6) is 5.75 Å². The Balaban J connectivity index is 1.34. The van der Waals surface area contributed by atoms with Gasteiger partial charge in [-0.3, -0.25) is 14.4 Å². The maximum atomic E-state index is 12.5. The van der Waals surface area contributed by atoms with Crippen LogP contribution in [0.25, 0.3) is 0 Å². The molecule has 1 saturated carbocycles. The highest BCUT2D eigenvalue weighted by molar-refractivity contribution is 7.99. The molecular formula is C33H43NO6S. The van der Waals surface area contributed by atoms with Gasteiger partial charge in [0, 0.05) is 46.9 Å². The Morgan fingerprint density at radius 2 is 1.80 bits per heavy atom. The Bertz CT molecular complexity index is 1120. The van der Waals surface area contributed by atoms with Crippen LogP contribution in [0, 0.1) is 11.8 Å². The fourth-order valence-electron chi connectivity index (χ4n) is 4.89. The average molecular weight is 582 g/mol. The number of ether oxygens (including phenoxy) is 1. The number of Topliss-reactive ketones (excluding diaryl/α,β-unsaturated/α-hetero) is 1. The first-order chi connectivity index (χ1) is 19.9. The van der Waals surface area contributed by atoms with Crippen LogP contribution < -0.4 is 10.1 Å². The molecule has 0 bridgehead atoms. The van der Waals surface area contributed by atoms with E-state index in [0.717, 1.165) is 32.1 Å². The maximum absolute atomic E-state index is 12.5. The smallest absolute Gasteiger partial charge is 0.311 e. The lowest BCUT2D eigenvalue weighted by Crippen LogP contribution is -2.24. The molecule has 0 aliphatic heterocycles. The molecule has 8 heteroatoms. The fourth-order valence-corrected chi connectivity index (χ4v) is 6.50. The molecule has 0 spiro atoms. The largest absolute Gasteiger partial charge is 0.427 e. The van der Waals surface area contributed by atoms with Gasteiger partial charge in [0.05, 0.1) is 0 Å². The molecule has 41 heavy (non-hydrogen) atoms. The molecule has 1 aliphatic carbocycles. The second-order valence-corrected chi connectivity index (χ2v) is 11.8. The second kappa shape index (κ2) is 17.8. The van der Waals surface area contributed by atoms with E-state index >= 15 is 0 Å². The summed E-state index contributed by atoms with van der Waals surface area (Å²) in [5.74, 6) is 0.656. The van der Waals surface area contributed by atoms with Gasteiger partial charge in [-0.2, -0.15) is 11.8 Å². The molecule has 3 rings (SSSR count). The second-order valence-electron chi connectivity index (χ2n) is 10.6. The van der Waals surface area contributed by atoms with Crippen LogP contribution >= 0.6 is 11.8 Å². The van der Waals surface area contributed by atoms with Crippen molar-refractivity contribution in [2.75, 3.05) is 11.1 Å². The van der Waals surface area contributed by atoms with Crippen molar-refractivity contribution in [1.82, 2.24) is 0 Å². The fraction of sp³-hybridized carbons (Fsp3) is 0.485. The number of thioether (sulfide) groups is 1. The van der Waals surface area contributed by atoms with Crippen LogP contribution in [0.3, 0.4) is 0 Å². The number of aliphatic hydroxyl groups excluding tert-OH is 1. The number of unbranched alkanes of at least 4 members (excludes halogenated alkanes) is 3. The molecule has 1 aliphatic rings. The van der Waals surface area contributed by atoms with E-state index < -0.39 is 6.29 Å². The zero-order valence-electron chi connectivity index (χ0n) is 23.9. The topological polar surface area (TPSA) is 113 Å². The van der Waals surface area contributed by atoms with E-state index in [9.17, 15) is 24.6 Å². The van der Waals surface area contributed by atoms with E-state index in [1.54, 1.807) is 60.3 Å². The molecule has 0 aromatic heterocycles. The summed E-state index contributed by atoms with van der Waals surface area (Å²) in [6, 6.07) is 15.6. The summed E-state index contributed by atoms with van der Waals surface area (Å²) < 4.78 is 5.41. The van der Waals surface area contributed by atoms with E-state index in [-0.39, 0.29) is 41.2 Å². The first kappa shape index (κ1) is 32.6. The molecule has 0 heterocycles. The molecule has 1 amide bonds. The maximum Gasteiger partial charge on any atom is 0.311 e. The van der Waals surface area contributed by atoms with Gasteiger partial charge in [-0.25, -0.2) is 0 Å². The number of hydrogen-bond donors (Lipinski definition) is 3. The number of anilines is 1. The number of hydrogen-bond acceptors (Lipinski definition) is 7. The monoisotopic (exact) mass is 581 g/mol. The van der Waals surface area contributed by atoms with Gasteiger partial charge in [-0.05, 0) is 68.5 Å². The van der Waals surface area contributed by atoms with Gasteiger partial charge in [0.1, 0.15) is 11.5 Å². The first-order valence-electron chi connectivity index (χ1n) is 14.7. The Kier molecular flexibility index (Phi) is 14.1. The van der Waals surface area contributed by atoms with Crippen molar-refractivity contribution in [3.63, 3.8) is 0 Å². The van der Waals surface area contributed by atoms with Gasteiger partial charge < -0.3 is 20.3 Å². The third-order valence-electron chi connectivity index (χ3n) is 7.35. The number of benzene rings is 2. The molecular weight excluding hydrogens is 538 g/mol. The normalized spacial score (nSPS) is 17.7. The van der Waals surface area contributed by atoms with Crippen LogP contribution in [-0.2, 0) is 9.59 Å². The number of carbonyl (C=O) groups excluding carboxylic acids is 3. The number of ketones is 1. The lowest BCUT2D eigenvalue weighted by atomic mass is 10.0. The standard InChI is InChI=1S/C33H43NO6S/c1-2-3-7-14-25(33(38)39)23-41-30-22-21-29(35)28(30)15-10-4-5-11-16-31(36)40-27-19-17-26(18-20-27)34-32(37)24-12-8-6-9-13-24/h4,6,8-10,12-13,17-20,25,28,30,33,38-39H,2-3,5,7,11,14-16,21-23H2,1H3,(H,34,37)/t25?,28-,30-/m0/s1. The molecule has 7 nitrogen and oxygen atoms in total. The molecule has 1 fully saturated rings. The Morgan fingerprint density at radius 3 is 2.51 bits per heavy atom. The number of rotatable bonds is 17. The molecule has 1 unspecified atom stereocenters. The van der Waals surface area contributed by atoms with Crippen molar-refractivity contribution in [2.24, 2.45) is 11.8 Å². The Labute approximate surface area is 247 Å². The first-order valence-corrected chi connectivity index (χ1v) is 15.7. The molecule has 222 valence electrons. The number of esters is 1. The molecule has 2 aromatic carbocycles. The third kappa shape index (κ3) is 11.5. The predicted molar refractivity (Wildman–Crippen MR) is 164 cm³/mol. The van der Waals surface area contributed by atoms with Gasteiger partial charge in [-0.1, -0.05) is 56.5 Å². The quantitative estimate of drug-likeness (QED) is 0.0638. The number of carbonyl (C=O) groups is 3. The summed E-state index contributed by atoms with van der Waals surface area (Å²) in [4.78, 5) is 37.0. The Morgan fingerprint density at radius 1 is 1.05 bits per heavy atom. The minimum Gasteiger partial charge on any atom is -0.427 e. The highest BCUT2D eigenvalue weighted by Crippen LogP contribution is 2.37. The van der Waals surface area contributed by atoms with Crippen LogP contribution in [0.1, 0.15) is 81.5 Å². The summed E-state index contributed by atoms with van der Waals surface area (Å²) in [6.45, 7) is 2.13. The lowest BCUT2D eigenvalue weighted by Gasteiger charge is -2.22. The van der Waals surface area contributed by atoms with Crippen molar-refractivity contribution in [2.45, 2.75) is 82.7 Å². The SMILES string of the molecule is CCCCCC(CS[C@H]1CCC(=O)[C@@H]1CC=CCCCC(=O)Oc1ccc(NC(=O)c2ccccc2)cc1)C(O)O. The summed E-state index contributed by atoms with van der Waals surface area (Å²) in [5, 5.41) is 22.5. The van der Waals surface area contributed by atoms with Crippen molar-refractivity contribution in [1.29, 1.82) is 0 Å². The van der Waals surface area contributed by atoms with Crippen molar-refractivity contribution in [3.8, 4) is 5.75 Å². The van der Waals surface area contributed by atoms with Crippen molar-refractivity contribution >= 4 is 35.1 Å². The summed E-state index contributed by atoms with van der Waals surface area (Å²) in [6.07, 6.45) is 10.5. The van der Waals surface area contributed by atoms with Crippen molar-refractivity contribution in [3.05, 3.63) is 72.3 Å². The average Bonchev–Trinajstić information content (AvgIpc) is 3.32. The minimum atomic E-state index is -1.31. The van der Waals surface area contributed by atoms with Crippen LogP contribution in [0.2, 0.25) is 0 Å². The summed E-state index contributed by atoms with van der Waals surface area (Å²) >= 11 is 1.71. The third-order valence-corrected chi connectivity index (χ3v) is 8.96. The van der Waals surface area contributed by atoms with E-state index in [1.807, 2.05) is 18.2 Å². The van der Waals surface area contributed by atoms with E-state index in [4.69, 9.17) is 4.74 Å². The highest BCUT2D eigenvalue weighted by Gasteiger charge is 2.34. The molecule has 0 saturated heterocycles. The van der Waals surface area contributed by atoms with Gasteiger partial charge >= 0.3 is 5.97 Å². The summed E-state index contributed by atoms with van der Waals surface area (Å²) in [7, 11) is 0. The van der Waals surface area contributed by atoms with Crippen molar-refractivity contribution < 1.29 is 29.3 Å². The van der Waals surface area contributed by atoms with Crippen LogP contribution in [0.15, 0.2) is 66.7 Å². The van der Waals surface area contributed by atoms with Crippen LogP contribution in [-0.4, -0.2) is 45.2 Å². The van der Waals surface area contributed by atoms with Crippen LogP contribution in [0.4, 0.5) is 5.69 Å². The Hall–Kier alpha value is -2.94. The number of amides is 1. The molecule has 3 atom stereocenters. The van der Waals surface area contributed by atoms with Gasteiger partial charge in [0.25, 0.3) is 5.91 Å². The molecule has 0 radical (unpaired) electrons. The van der Waals surface area contributed by atoms with Gasteiger partial charge in [0.2, 0.25) is 0 Å². The van der Waals surface area contributed by atoms with Gasteiger partial charge in [-0.15, -0.1) is 0 Å². The minimum absolute atomic E-state index is 0.0335.